The first kappa shape index (κ1) is 11.1. The van der Waals surface area contributed by atoms with Gasteiger partial charge in [0.15, 0.2) is 0 Å². The number of nitrogens with two attached hydrogens (primary N) is 1. The Bertz CT molecular complexity index is 339. The molecule has 0 aliphatic carbocycles. The standard InChI is InChI=1S/C11H14ClNOS/c12-8-1-2-11(10(13)7-8)15-9-3-5-14-6-4-9/h1-2,7,9H,3-6,13H2. The molecule has 1 fully saturated rings. The molecule has 1 aromatic rings. The first-order valence-corrected chi connectivity index (χ1v) is 6.31. The zero-order valence-corrected chi connectivity index (χ0v) is 9.98. The van der Waals surface area contributed by atoms with Crippen molar-refractivity contribution >= 4 is 29.1 Å². The molecule has 82 valence electrons. The second kappa shape index (κ2) is 5.10. The van der Waals surface area contributed by atoms with Crippen LogP contribution in [0.15, 0.2) is 23.1 Å². The summed E-state index contributed by atoms with van der Waals surface area (Å²) in [5, 5.41) is 1.33. The summed E-state index contributed by atoms with van der Waals surface area (Å²) in [6.45, 7) is 1.73. The minimum absolute atomic E-state index is 0.627. The SMILES string of the molecule is Nc1cc(Cl)ccc1SC1CCOCC1. The van der Waals surface area contributed by atoms with E-state index in [0.29, 0.717) is 10.3 Å². The Labute approximate surface area is 99.1 Å². The van der Waals surface area contributed by atoms with Gasteiger partial charge >= 0.3 is 0 Å². The fourth-order valence-electron chi connectivity index (χ4n) is 1.60. The molecule has 1 aliphatic rings. The van der Waals surface area contributed by atoms with Gasteiger partial charge in [0, 0.05) is 34.1 Å². The van der Waals surface area contributed by atoms with Crippen molar-refractivity contribution in [2.24, 2.45) is 0 Å². The van der Waals surface area contributed by atoms with Crippen LogP contribution >= 0.6 is 23.4 Å². The summed E-state index contributed by atoms with van der Waals surface area (Å²) in [4.78, 5) is 1.13. The Balaban J connectivity index is 2.03. The second-order valence-electron chi connectivity index (χ2n) is 3.61. The first-order valence-electron chi connectivity index (χ1n) is 5.05. The first-order chi connectivity index (χ1) is 7.25. The Morgan fingerprint density at radius 3 is 2.73 bits per heavy atom. The molecule has 1 heterocycles. The van der Waals surface area contributed by atoms with Crippen LogP contribution in [0.4, 0.5) is 5.69 Å². The lowest BCUT2D eigenvalue weighted by molar-refractivity contribution is 0.100. The molecular formula is C11H14ClNOS. The zero-order chi connectivity index (χ0) is 10.7. The molecule has 4 heteroatoms. The summed E-state index contributed by atoms with van der Waals surface area (Å²) in [5.41, 5.74) is 6.68. The van der Waals surface area contributed by atoms with Gasteiger partial charge in [0.2, 0.25) is 0 Å². The molecule has 1 saturated heterocycles. The van der Waals surface area contributed by atoms with Crippen molar-refractivity contribution < 1.29 is 4.74 Å². The van der Waals surface area contributed by atoms with E-state index in [0.717, 1.165) is 36.6 Å². The van der Waals surface area contributed by atoms with Crippen LogP contribution in [-0.4, -0.2) is 18.5 Å². The zero-order valence-electron chi connectivity index (χ0n) is 8.41. The van der Waals surface area contributed by atoms with E-state index in [9.17, 15) is 0 Å². The van der Waals surface area contributed by atoms with Crippen LogP contribution in [0.3, 0.4) is 0 Å². The van der Waals surface area contributed by atoms with E-state index in [1.54, 1.807) is 0 Å². The quantitative estimate of drug-likeness (QED) is 0.811. The van der Waals surface area contributed by atoms with Crippen LogP contribution in [0.2, 0.25) is 5.02 Å². The fraction of sp³-hybridized carbons (Fsp3) is 0.455. The number of hydrogen-bond donors (Lipinski definition) is 1. The highest BCUT2D eigenvalue weighted by Crippen LogP contribution is 2.34. The predicted molar refractivity (Wildman–Crippen MR) is 65.6 cm³/mol. The number of hydrogen-bond acceptors (Lipinski definition) is 3. The number of thioether (sulfide) groups is 1. The molecule has 1 aliphatic heterocycles. The van der Waals surface area contributed by atoms with Crippen LogP contribution in [-0.2, 0) is 4.74 Å². The van der Waals surface area contributed by atoms with Gasteiger partial charge < -0.3 is 10.5 Å². The van der Waals surface area contributed by atoms with Crippen molar-refractivity contribution in [3.8, 4) is 0 Å². The van der Waals surface area contributed by atoms with E-state index in [-0.39, 0.29) is 0 Å². The van der Waals surface area contributed by atoms with Gasteiger partial charge in [0.05, 0.1) is 0 Å². The van der Waals surface area contributed by atoms with Crippen molar-refractivity contribution in [3.05, 3.63) is 23.2 Å². The lowest BCUT2D eigenvalue weighted by Crippen LogP contribution is -2.17. The van der Waals surface area contributed by atoms with E-state index in [1.165, 1.54) is 0 Å². The molecule has 2 nitrogen and oxygen atoms in total. The molecule has 0 bridgehead atoms. The highest BCUT2D eigenvalue weighted by Gasteiger charge is 2.15. The summed E-state index contributed by atoms with van der Waals surface area (Å²) in [6.07, 6.45) is 2.21. The average Bonchev–Trinajstić information content (AvgIpc) is 2.24. The third kappa shape index (κ3) is 3.03. The van der Waals surface area contributed by atoms with E-state index in [4.69, 9.17) is 22.1 Å². The predicted octanol–water partition coefficient (Wildman–Crippen LogP) is 3.19. The van der Waals surface area contributed by atoms with Gasteiger partial charge in [-0.05, 0) is 31.0 Å². The number of nitrogen functional groups attached to an aromatic ring is 1. The molecule has 0 atom stereocenters. The molecule has 2 rings (SSSR count). The van der Waals surface area contributed by atoms with E-state index in [2.05, 4.69) is 0 Å². The molecule has 0 aromatic heterocycles. The summed E-state index contributed by atoms with van der Waals surface area (Å²) >= 11 is 7.69. The van der Waals surface area contributed by atoms with Gasteiger partial charge in [0.1, 0.15) is 0 Å². The monoisotopic (exact) mass is 243 g/mol. The number of halogens is 1. The average molecular weight is 244 g/mol. The lowest BCUT2D eigenvalue weighted by atomic mass is 10.2. The van der Waals surface area contributed by atoms with E-state index in [1.807, 2.05) is 30.0 Å². The van der Waals surface area contributed by atoms with Gasteiger partial charge in [-0.2, -0.15) is 0 Å². The van der Waals surface area contributed by atoms with Gasteiger partial charge in [-0.15, -0.1) is 11.8 Å². The Kier molecular flexibility index (Phi) is 3.78. The van der Waals surface area contributed by atoms with Crippen LogP contribution < -0.4 is 5.73 Å². The van der Waals surface area contributed by atoms with E-state index >= 15 is 0 Å². The van der Waals surface area contributed by atoms with E-state index < -0.39 is 0 Å². The van der Waals surface area contributed by atoms with Gasteiger partial charge in [-0.3, -0.25) is 0 Å². The summed E-state index contributed by atoms with van der Waals surface area (Å²) < 4.78 is 5.32. The second-order valence-corrected chi connectivity index (χ2v) is 5.39. The van der Waals surface area contributed by atoms with Crippen LogP contribution in [0, 0.1) is 0 Å². The lowest BCUT2D eigenvalue weighted by Gasteiger charge is -2.21. The number of anilines is 1. The van der Waals surface area contributed by atoms with Gasteiger partial charge in [-0.1, -0.05) is 11.6 Å². The van der Waals surface area contributed by atoms with Crippen molar-refractivity contribution in [2.75, 3.05) is 18.9 Å². The third-order valence-corrected chi connectivity index (χ3v) is 4.10. The van der Waals surface area contributed by atoms with Crippen molar-refractivity contribution in [1.29, 1.82) is 0 Å². The smallest absolute Gasteiger partial charge is 0.0476 e. The normalized spacial score (nSPS) is 17.9. The number of benzene rings is 1. The molecule has 0 radical (unpaired) electrons. The molecule has 0 unspecified atom stereocenters. The van der Waals surface area contributed by atoms with Crippen LogP contribution in [0.25, 0.3) is 0 Å². The Hall–Kier alpha value is -0.380. The summed E-state index contributed by atoms with van der Waals surface area (Å²) in [6, 6.07) is 5.70. The minimum atomic E-state index is 0.627. The van der Waals surface area contributed by atoms with Crippen molar-refractivity contribution in [3.63, 3.8) is 0 Å². The highest BCUT2D eigenvalue weighted by atomic mass is 35.5. The maximum absolute atomic E-state index is 5.90. The minimum Gasteiger partial charge on any atom is -0.398 e. The van der Waals surface area contributed by atoms with Crippen molar-refractivity contribution in [1.82, 2.24) is 0 Å². The van der Waals surface area contributed by atoms with Crippen molar-refractivity contribution in [2.45, 2.75) is 23.0 Å². The Morgan fingerprint density at radius 1 is 1.33 bits per heavy atom. The number of rotatable bonds is 2. The molecule has 0 amide bonds. The molecule has 2 N–H and O–H groups in total. The number of ether oxygens (including phenoxy) is 1. The largest absolute Gasteiger partial charge is 0.398 e. The maximum atomic E-state index is 5.90. The molecule has 15 heavy (non-hydrogen) atoms. The highest BCUT2D eigenvalue weighted by molar-refractivity contribution is 8.00. The maximum Gasteiger partial charge on any atom is 0.0476 e. The summed E-state index contributed by atoms with van der Waals surface area (Å²) in [7, 11) is 0. The molecule has 1 aromatic carbocycles. The molecule has 0 spiro atoms. The van der Waals surface area contributed by atoms with Gasteiger partial charge in [-0.25, -0.2) is 0 Å². The molecular weight excluding hydrogens is 230 g/mol. The molecule has 0 saturated carbocycles. The summed E-state index contributed by atoms with van der Waals surface area (Å²) in [5.74, 6) is 0. The van der Waals surface area contributed by atoms with Crippen LogP contribution in [0.1, 0.15) is 12.8 Å². The Morgan fingerprint density at radius 2 is 2.07 bits per heavy atom. The topological polar surface area (TPSA) is 35.2 Å². The van der Waals surface area contributed by atoms with Gasteiger partial charge in [0.25, 0.3) is 0 Å². The fourth-order valence-corrected chi connectivity index (χ4v) is 2.91. The van der Waals surface area contributed by atoms with Crippen LogP contribution in [0.5, 0.6) is 0 Å². The third-order valence-electron chi connectivity index (χ3n) is 2.43.